The molecule has 0 radical (unpaired) electrons. The Kier molecular flexibility index (Phi) is 3.46. The third kappa shape index (κ3) is 2.60. The van der Waals surface area contributed by atoms with E-state index in [1.807, 2.05) is 41.3 Å². The molecule has 3 heterocycles. The average Bonchev–Trinajstić information content (AvgIpc) is 3.07. The number of carbonyl (C=O) groups is 1. The standard InChI is InChI=1S/C13H10N2OS3/c1-8-4-6-18-11(8)12(16)15-13-14-9(7-19-13)10-3-2-5-17-10/h2-7H,1H3,(H,14,15,16). The third-order valence-corrected chi connectivity index (χ3v) is 5.23. The van der Waals surface area contributed by atoms with Gasteiger partial charge in [-0.1, -0.05) is 6.07 Å². The first-order valence-electron chi connectivity index (χ1n) is 5.59. The molecule has 0 aliphatic heterocycles. The van der Waals surface area contributed by atoms with Crippen LogP contribution in [-0.4, -0.2) is 10.9 Å². The number of aryl methyl sites for hydroxylation is 1. The lowest BCUT2D eigenvalue weighted by molar-refractivity contribution is 0.103. The molecule has 0 saturated heterocycles. The number of hydrogen-bond acceptors (Lipinski definition) is 5. The second-order valence-corrected chi connectivity index (χ2v) is 6.62. The van der Waals surface area contributed by atoms with E-state index in [0.717, 1.165) is 21.0 Å². The van der Waals surface area contributed by atoms with Gasteiger partial charge in [0.15, 0.2) is 5.13 Å². The summed E-state index contributed by atoms with van der Waals surface area (Å²) in [5.74, 6) is -0.0837. The molecule has 3 aromatic rings. The highest BCUT2D eigenvalue weighted by molar-refractivity contribution is 7.16. The first kappa shape index (κ1) is 12.5. The lowest BCUT2D eigenvalue weighted by Crippen LogP contribution is -2.10. The molecule has 0 unspecified atom stereocenters. The van der Waals surface area contributed by atoms with Gasteiger partial charge < -0.3 is 0 Å². The van der Waals surface area contributed by atoms with Gasteiger partial charge in [0, 0.05) is 5.38 Å². The molecular weight excluding hydrogens is 296 g/mol. The van der Waals surface area contributed by atoms with Crippen molar-refractivity contribution in [3.8, 4) is 10.6 Å². The van der Waals surface area contributed by atoms with Crippen LogP contribution in [0.1, 0.15) is 15.2 Å². The Balaban J connectivity index is 1.78. The molecule has 96 valence electrons. The Morgan fingerprint density at radius 1 is 1.21 bits per heavy atom. The number of thiophene rings is 2. The van der Waals surface area contributed by atoms with Gasteiger partial charge in [0.25, 0.3) is 5.91 Å². The Bertz CT molecular complexity index is 697. The zero-order valence-corrected chi connectivity index (χ0v) is 12.5. The van der Waals surface area contributed by atoms with E-state index in [0.29, 0.717) is 5.13 Å². The zero-order chi connectivity index (χ0) is 13.2. The summed E-state index contributed by atoms with van der Waals surface area (Å²) in [6, 6.07) is 5.96. The minimum atomic E-state index is -0.0837. The van der Waals surface area contributed by atoms with Crippen LogP contribution in [0.3, 0.4) is 0 Å². The second-order valence-electron chi connectivity index (χ2n) is 3.90. The lowest BCUT2D eigenvalue weighted by atomic mass is 10.3. The number of thiazole rings is 1. The van der Waals surface area contributed by atoms with Crippen molar-refractivity contribution >= 4 is 45.0 Å². The maximum Gasteiger partial charge on any atom is 0.267 e. The maximum atomic E-state index is 12.1. The SMILES string of the molecule is Cc1ccsc1C(=O)Nc1nc(-c2cccs2)cs1. The molecule has 0 spiro atoms. The summed E-state index contributed by atoms with van der Waals surface area (Å²) in [6.07, 6.45) is 0. The Labute approximate surface area is 122 Å². The summed E-state index contributed by atoms with van der Waals surface area (Å²) >= 11 is 4.54. The number of amides is 1. The van der Waals surface area contributed by atoms with E-state index in [2.05, 4.69) is 10.3 Å². The molecule has 0 atom stereocenters. The summed E-state index contributed by atoms with van der Waals surface area (Å²) in [4.78, 5) is 18.4. The number of carbonyl (C=O) groups excluding carboxylic acids is 1. The fraction of sp³-hybridized carbons (Fsp3) is 0.0769. The van der Waals surface area contributed by atoms with Crippen LogP contribution in [0.5, 0.6) is 0 Å². The van der Waals surface area contributed by atoms with Gasteiger partial charge in [-0.15, -0.1) is 34.0 Å². The van der Waals surface area contributed by atoms with Crippen LogP contribution in [0.15, 0.2) is 34.3 Å². The molecule has 0 aliphatic rings. The molecule has 0 bridgehead atoms. The van der Waals surface area contributed by atoms with Crippen LogP contribution >= 0.6 is 34.0 Å². The van der Waals surface area contributed by atoms with Crippen molar-refractivity contribution in [3.63, 3.8) is 0 Å². The quantitative estimate of drug-likeness (QED) is 0.774. The highest BCUT2D eigenvalue weighted by atomic mass is 32.1. The third-order valence-electron chi connectivity index (χ3n) is 2.57. The molecular formula is C13H10N2OS3. The van der Waals surface area contributed by atoms with Crippen molar-refractivity contribution in [2.75, 3.05) is 5.32 Å². The van der Waals surface area contributed by atoms with Gasteiger partial charge >= 0.3 is 0 Å². The number of aromatic nitrogens is 1. The smallest absolute Gasteiger partial charge is 0.267 e. The van der Waals surface area contributed by atoms with Crippen LogP contribution in [0.25, 0.3) is 10.6 Å². The molecule has 3 nitrogen and oxygen atoms in total. The number of nitrogens with zero attached hydrogens (tertiary/aromatic N) is 1. The summed E-state index contributed by atoms with van der Waals surface area (Å²) in [7, 11) is 0. The Morgan fingerprint density at radius 3 is 2.79 bits per heavy atom. The van der Waals surface area contributed by atoms with E-state index in [9.17, 15) is 4.79 Å². The monoisotopic (exact) mass is 306 g/mol. The molecule has 1 amide bonds. The van der Waals surface area contributed by atoms with E-state index in [1.165, 1.54) is 22.7 Å². The van der Waals surface area contributed by atoms with Crippen LogP contribution < -0.4 is 5.32 Å². The van der Waals surface area contributed by atoms with Crippen LogP contribution in [-0.2, 0) is 0 Å². The number of rotatable bonds is 3. The molecule has 3 rings (SSSR count). The fourth-order valence-corrected chi connectivity index (χ4v) is 3.91. The summed E-state index contributed by atoms with van der Waals surface area (Å²) in [6.45, 7) is 1.93. The van der Waals surface area contributed by atoms with Crippen LogP contribution in [0.2, 0.25) is 0 Å². The predicted molar refractivity (Wildman–Crippen MR) is 82.4 cm³/mol. The van der Waals surface area contributed by atoms with Crippen molar-refractivity contribution < 1.29 is 4.79 Å². The van der Waals surface area contributed by atoms with Crippen LogP contribution in [0, 0.1) is 6.92 Å². The Morgan fingerprint density at radius 2 is 2.11 bits per heavy atom. The van der Waals surface area contributed by atoms with Crippen molar-refractivity contribution in [1.82, 2.24) is 4.98 Å². The van der Waals surface area contributed by atoms with Crippen molar-refractivity contribution in [1.29, 1.82) is 0 Å². The number of anilines is 1. The Hall–Kier alpha value is -1.50. The topological polar surface area (TPSA) is 42.0 Å². The first-order chi connectivity index (χ1) is 9.24. The van der Waals surface area contributed by atoms with Gasteiger partial charge in [0.1, 0.15) is 0 Å². The molecule has 19 heavy (non-hydrogen) atoms. The molecule has 0 fully saturated rings. The molecule has 0 aliphatic carbocycles. The van der Waals surface area contributed by atoms with E-state index in [-0.39, 0.29) is 5.91 Å². The fourth-order valence-electron chi connectivity index (χ4n) is 1.63. The van der Waals surface area contributed by atoms with E-state index < -0.39 is 0 Å². The number of nitrogens with one attached hydrogen (secondary N) is 1. The van der Waals surface area contributed by atoms with Gasteiger partial charge in [0.05, 0.1) is 15.4 Å². The highest BCUT2D eigenvalue weighted by Crippen LogP contribution is 2.28. The molecule has 6 heteroatoms. The van der Waals surface area contributed by atoms with E-state index in [1.54, 1.807) is 11.3 Å². The minimum Gasteiger partial charge on any atom is -0.297 e. The number of hydrogen-bond donors (Lipinski definition) is 1. The summed E-state index contributed by atoms with van der Waals surface area (Å²) < 4.78 is 0. The van der Waals surface area contributed by atoms with Gasteiger partial charge in [-0.05, 0) is 35.4 Å². The van der Waals surface area contributed by atoms with Crippen molar-refractivity contribution in [2.45, 2.75) is 6.92 Å². The van der Waals surface area contributed by atoms with Gasteiger partial charge in [-0.2, -0.15) is 0 Å². The van der Waals surface area contributed by atoms with Gasteiger partial charge in [-0.3, -0.25) is 10.1 Å². The van der Waals surface area contributed by atoms with Crippen molar-refractivity contribution in [2.24, 2.45) is 0 Å². The average molecular weight is 306 g/mol. The molecule has 0 aromatic carbocycles. The molecule has 0 saturated carbocycles. The predicted octanol–water partition coefficient (Wildman–Crippen LogP) is 4.49. The van der Waals surface area contributed by atoms with Crippen molar-refractivity contribution in [3.05, 3.63) is 44.8 Å². The van der Waals surface area contributed by atoms with Crippen LogP contribution in [0.4, 0.5) is 5.13 Å². The molecule has 1 N–H and O–H groups in total. The normalized spacial score (nSPS) is 10.6. The maximum absolute atomic E-state index is 12.1. The minimum absolute atomic E-state index is 0.0837. The highest BCUT2D eigenvalue weighted by Gasteiger charge is 2.13. The van der Waals surface area contributed by atoms with Gasteiger partial charge in [0.2, 0.25) is 0 Å². The zero-order valence-electron chi connectivity index (χ0n) is 10.0. The first-order valence-corrected chi connectivity index (χ1v) is 8.23. The van der Waals surface area contributed by atoms with E-state index >= 15 is 0 Å². The molecule has 3 aromatic heterocycles. The summed E-state index contributed by atoms with van der Waals surface area (Å²) in [5.41, 5.74) is 1.91. The summed E-state index contributed by atoms with van der Waals surface area (Å²) in [5, 5.41) is 9.39. The van der Waals surface area contributed by atoms with E-state index in [4.69, 9.17) is 0 Å². The lowest BCUT2D eigenvalue weighted by Gasteiger charge is -1.99. The largest absolute Gasteiger partial charge is 0.297 e. The second kappa shape index (κ2) is 5.24. The van der Waals surface area contributed by atoms with Gasteiger partial charge in [-0.25, -0.2) is 4.98 Å².